The van der Waals surface area contributed by atoms with Gasteiger partial charge in [0.2, 0.25) is 5.91 Å². The van der Waals surface area contributed by atoms with E-state index in [-0.39, 0.29) is 11.8 Å². The first-order valence-corrected chi connectivity index (χ1v) is 10.9. The van der Waals surface area contributed by atoms with Gasteiger partial charge in [0.15, 0.2) is 0 Å². The summed E-state index contributed by atoms with van der Waals surface area (Å²) in [7, 11) is 0. The average molecular weight is 393 g/mol. The maximum atomic E-state index is 12.7. The Bertz CT molecular complexity index is 759. The third-order valence-corrected chi connectivity index (χ3v) is 6.34. The number of rotatable bonds is 6. The SMILES string of the molecule is O=C(NCc1ccccc1)[C@@H]1CCCN(C2CCN(Cc3cccnc3)CC2)C1. The van der Waals surface area contributed by atoms with Gasteiger partial charge in [-0.3, -0.25) is 19.6 Å². The van der Waals surface area contributed by atoms with E-state index < -0.39 is 0 Å². The number of hydrogen-bond acceptors (Lipinski definition) is 4. The monoisotopic (exact) mass is 392 g/mol. The van der Waals surface area contributed by atoms with Crippen molar-refractivity contribution >= 4 is 5.91 Å². The lowest BCUT2D eigenvalue weighted by Gasteiger charge is -2.42. The van der Waals surface area contributed by atoms with E-state index in [1.807, 2.05) is 36.7 Å². The lowest BCUT2D eigenvalue weighted by atomic mass is 9.93. The van der Waals surface area contributed by atoms with E-state index in [1.165, 1.54) is 18.4 Å². The summed E-state index contributed by atoms with van der Waals surface area (Å²) in [5.41, 5.74) is 2.45. The summed E-state index contributed by atoms with van der Waals surface area (Å²) >= 11 is 0. The summed E-state index contributed by atoms with van der Waals surface area (Å²) in [6.07, 6.45) is 8.32. The first-order valence-electron chi connectivity index (χ1n) is 10.9. The molecule has 0 bridgehead atoms. The lowest BCUT2D eigenvalue weighted by molar-refractivity contribution is -0.127. The van der Waals surface area contributed by atoms with Gasteiger partial charge in [0.05, 0.1) is 5.92 Å². The summed E-state index contributed by atoms with van der Waals surface area (Å²) in [4.78, 5) is 22.0. The number of carbonyl (C=O) groups excluding carboxylic acids is 1. The molecule has 154 valence electrons. The number of aromatic nitrogens is 1. The van der Waals surface area contributed by atoms with Gasteiger partial charge in [-0.1, -0.05) is 36.4 Å². The van der Waals surface area contributed by atoms with Crippen LogP contribution in [0.1, 0.15) is 36.8 Å². The van der Waals surface area contributed by atoms with E-state index in [0.29, 0.717) is 12.6 Å². The average Bonchev–Trinajstić information content (AvgIpc) is 2.79. The van der Waals surface area contributed by atoms with Crippen molar-refractivity contribution in [2.24, 2.45) is 5.92 Å². The number of benzene rings is 1. The van der Waals surface area contributed by atoms with E-state index in [9.17, 15) is 4.79 Å². The maximum absolute atomic E-state index is 12.7. The van der Waals surface area contributed by atoms with Crippen LogP contribution in [0.15, 0.2) is 54.9 Å². The van der Waals surface area contributed by atoms with Gasteiger partial charge < -0.3 is 5.32 Å². The third kappa shape index (κ3) is 5.64. The van der Waals surface area contributed by atoms with E-state index in [1.54, 1.807) is 0 Å². The van der Waals surface area contributed by atoms with Gasteiger partial charge in [0.1, 0.15) is 0 Å². The fourth-order valence-corrected chi connectivity index (χ4v) is 4.67. The highest BCUT2D eigenvalue weighted by Crippen LogP contribution is 2.24. The number of nitrogens with one attached hydrogen (secondary N) is 1. The van der Waals surface area contributed by atoms with Crippen molar-refractivity contribution in [3.8, 4) is 0 Å². The third-order valence-electron chi connectivity index (χ3n) is 6.34. The van der Waals surface area contributed by atoms with Crippen LogP contribution < -0.4 is 5.32 Å². The first-order chi connectivity index (χ1) is 14.3. The van der Waals surface area contributed by atoms with Gasteiger partial charge in [-0.15, -0.1) is 0 Å². The Morgan fingerprint density at radius 2 is 1.79 bits per heavy atom. The van der Waals surface area contributed by atoms with Crippen molar-refractivity contribution in [3.63, 3.8) is 0 Å². The highest BCUT2D eigenvalue weighted by Gasteiger charge is 2.31. The quantitative estimate of drug-likeness (QED) is 0.821. The number of hydrogen-bond donors (Lipinski definition) is 1. The Morgan fingerprint density at radius 1 is 1.00 bits per heavy atom. The molecule has 2 saturated heterocycles. The molecule has 5 nitrogen and oxygen atoms in total. The van der Waals surface area contributed by atoms with Gasteiger partial charge in [-0.25, -0.2) is 0 Å². The summed E-state index contributed by atoms with van der Waals surface area (Å²) < 4.78 is 0. The van der Waals surface area contributed by atoms with Crippen LogP contribution in [0.2, 0.25) is 0 Å². The number of likely N-dealkylation sites (tertiary alicyclic amines) is 2. The van der Waals surface area contributed by atoms with Crippen LogP contribution in [-0.4, -0.2) is 52.9 Å². The number of carbonyl (C=O) groups is 1. The molecule has 0 saturated carbocycles. The predicted octanol–water partition coefficient (Wildman–Crippen LogP) is 3.07. The van der Waals surface area contributed by atoms with Crippen LogP contribution in [0.5, 0.6) is 0 Å². The van der Waals surface area contributed by atoms with Crippen molar-refractivity contribution < 1.29 is 4.79 Å². The molecule has 1 N–H and O–H groups in total. The minimum absolute atomic E-state index is 0.126. The minimum Gasteiger partial charge on any atom is -0.352 e. The molecule has 29 heavy (non-hydrogen) atoms. The number of pyridine rings is 1. The molecule has 3 heterocycles. The fourth-order valence-electron chi connectivity index (χ4n) is 4.67. The molecular weight excluding hydrogens is 360 g/mol. The van der Waals surface area contributed by atoms with Crippen molar-refractivity contribution in [1.82, 2.24) is 20.1 Å². The topological polar surface area (TPSA) is 48.5 Å². The van der Waals surface area contributed by atoms with Crippen LogP contribution in [-0.2, 0) is 17.9 Å². The molecule has 5 heteroatoms. The Morgan fingerprint density at radius 3 is 2.55 bits per heavy atom. The molecule has 1 aromatic carbocycles. The molecule has 2 aliphatic heterocycles. The summed E-state index contributed by atoms with van der Waals surface area (Å²) in [5.74, 6) is 0.341. The second kappa shape index (κ2) is 9.99. The molecule has 0 aliphatic carbocycles. The molecule has 2 aromatic rings. The second-order valence-corrected chi connectivity index (χ2v) is 8.41. The van der Waals surface area contributed by atoms with Crippen molar-refractivity contribution in [3.05, 3.63) is 66.0 Å². The Hall–Kier alpha value is -2.24. The molecule has 0 unspecified atom stereocenters. The van der Waals surface area contributed by atoms with Gasteiger partial charge in [-0.05, 0) is 62.5 Å². The van der Waals surface area contributed by atoms with Crippen LogP contribution >= 0.6 is 0 Å². The highest BCUT2D eigenvalue weighted by atomic mass is 16.1. The molecule has 0 radical (unpaired) electrons. The van der Waals surface area contributed by atoms with Crippen molar-refractivity contribution in [2.75, 3.05) is 26.2 Å². The molecular formula is C24H32N4O. The number of amides is 1. The van der Waals surface area contributed by atoms with Crippen LogP contribution in [0, 0.1) is 5.92 Å². The normalized spacial score (nSPS) is 21.7. The first kappa shape index (κ1) is 20.0. The predicted molar refractivity (Wildman–Crippen MR) is 115 cm³/mol. The highest BCUT2D eigenvalue weighted by molar-refractivity contribution is 5.79. The van der Waals surface area contributed by atoms with Gasteiger partial charge in [-0.2, -0.15) is 0 Å². The smallest absolute Gasteiger partial charge is 0.224 e. The Kier molecular flexibility index (Phi) is 6.91. The lowest BCUT2D eigenvalue weighted by Crippen LogP contribution is -2.50. The zero-order chi connectivity index (χ0) is 19.9. The number of piperidine rings is 2. The molecule has 1 amide bonds. The van der Waals surface area contributed by atoms with Crippen LogP contribution in [0.4, 0.5) is 0 Å². The van der Waals surface area contributed by atoms with Gasteiger partial charge in [0.25, 0.3) is 0 Å². The summed E-state index contributed by atoms with van der Waals surface area (Å²) in [5, 5.41) is 3.15. The van der Waals surface area contributed by atoms with E-state index in [4.69, 9.17) is 0 Å². The minimum atomic E-state index is 0.126. The Balaban J connectivity index is 1.23. The molecule has 2 fully saturated rings. The maximum Gasteiger partial charge on any atom is 0.224 e. The van der Waals surface area contributed by atoms with Crippen LogP contribution in [0.3, 0.4) is 0 Å². The van der Waals surface area contributed by atoms with E-state index in [0.717, 1.165) is 51.1 Å². The molecule has 1 atom stereocenters. The van der Waals surface area contributed by atoms with Crippen molar-refractivity contribution in [2.45, 2.75) is 44.8 Å². The molecule has 0 spiro atoms. The molecule has 1 aromatic heterocycles. The van der Waals surface area contributed by atoms with Gasteiger partial charge in [0, 0.05) is 38.1 Å². The van der Waals surface area contributed by atoms with E-state index >= 15 is 0 Å². The second-order valence-electron chi connectivity index (χ2n) is 8.41. The zero-order valence-electron chi connectivity index (χ0n) is 17.2. The largest absolute Gasteiger partial charge is 0.352 e. The van der Waals surface area contributed by atoms with Crippen LogP contribution in [0.25, 0.3) is 0 Å². The van der Waals surface area contributed by atoms with E-state index in [2.05, 4.69) is 38.3 Å². The van der Waals surface area contributed by atoms with Gasteiger partial charge >= 0.3 is 0 Å². The molecule has 2 aliphatic rings. The van der Waals surface area contributed by atoms with Crippen molar-refractivity contribution in [1.29, 1.82) is 0 Å². The molecule has 4 rings (SSSR count). The standard InChI is InChI=1S/C24H32N4O/c29-24(26-17-20-6-2-1-3-7-20)22-9-5-13-28(19-22)23-10-14-27(15-11-23)18-21-8-4-12-25-16-21/h1-4,6-8,12,16,22-23H,5,9-11,13-15,17-19H2,(H,26,29)/t22-/m1/s1. The zero-order valence-corrected chi connectivity index (χ0v) is 17.2. The summed E-state index contributed by atoms with van der Waals surface area (Å²) in [6.45, 7) is 5.92. The Labute approximate surface area is 174 Å². The number of nitrogens with zero attached hydrogens (tertiary/aromatic N) is 3. The fraction of sp³-hybridized carbons (Fsp3) is 0.500. The summed E-state index contributed by atoms with van der Waals surface area (Å²) in [6, 6.07) is 15.0.